The number of alkyl halides is 3. The molecule has 1 aromatic rings. The minimum absolute atomic E-state index is 0.253. The predicted molar refractivity (Wildman–Crippen MR) is 78.3 cm³/mol. The van der Waals surface area contributed by atoms with Gasteiger partial charge in [-0.3, -0.25) is 0 Å². The minimum Gasteiger partial charge on any atom is -0.400 e. The molecule has 0 saturated heterocycles. The fourth-order valence-corrected chi connectivity index (χ4v) is 2.90. The van der Waals surface area contributed by atoms with E-state index in [2.05, 4.69) is 4.90 Å². The van der Waals surface area contributed by atoms with Crippen LogP contribution < -0.4 is 0 Å². The van der Waals surface area contributed by atoms with Crippen LogP contribution in [0, 0.1) is 0 Å². The number of nitrogens with zero attached hydrogens (tertiary/aromatic N) is 1. The van der Waals surface area contributed by atoms with Crippen LogP contribution in [-0.4, -0.2) is 37.3 Å². The van der Waals surface area contributed by atoms with Crippen LogP contribution in [-0.2, 0) is 6.18 Å². The number of aliphatic hydroxyl groups is 1. The van der Waals surface area contributed by atoms with Gasteiger partial charge >= 0.3 is 6.18 Å². The molecule has 0 bridgehead atoms. The first-order valence-corrected chi connectivity index (χ1v) is 7.16. The lowest BCUT2D eigenvalue weighted by Crippen LogP contribution is -2.32. The molecule has 1 saturated carbocycles. The number of rotatable bonds is 2. The lowest BCUT2D eigenvalue weighted by atomic mass is 9.80. The van der Waals surface area contributed by atoms with Crippen LogP contribution in [0.1, 0.15) is 42.7 Å². The van der Waals surface area contributed by atoms with Crippen molar-refractivity contribution in [3.8, 4) is 0 Å². The first kappa shape index (κ1) is 18.0. The van der Waals surface area contributed by atoms with Crippen LogP contribution in [0.2, 0.25) is 0 Å². The van der Waals surface area contributed by atoms with Crippen molar-refractivity contribution in [2.24, 2.45) is 0 Å². The summed E-state index contributed by atoms with van der Waals surface area (Å²) in [6.45, 7) is 0. The monoisotopic (exact) mass is 303 g/mol. The van der Waals surface area contributed by atoms with Gasteiger partial charge in [-0.05, 0) is 50.9 Å². The smallest absolute Gasteiger partial charge is 0.400 e. The van der Waals surface area contributed by atoms with Gasteiger partial charge in [-0.25, -0.2) is 0 Å². The van der Waals surface area contributed by atoms with Gasteiger partial charge in [0.05, 0.1) is 5.56 Å². The van der Waals surface area contributed by atoms with E-state index in [0.29, 0.717) is 6.04 Å². The zero-order valence-corrected chi connectivity index (χ0v) is 12.8. The summed E-state index contributed by atoms with van der Waals surface area (Å²) in [6, 6.07) is 6.31. The van der Waals surface area contributed by atoms with Gasteiger partial charge in [0.1, 0.15) is 0 Å². The van der Waals surface area contributed by atoms with Crippen molar-refractivity contribution >= 4 is 0 Å². The van der Waals surface area contributed by atoms with Crippen molar-refractivity contribution in [2.75, 3.05) is 21.2 Å². The summed E-state index contributed by atoms with van der Waals surface area (Å²) in [5.41, 5.74) is 0.304. The number of halogens is 3. The third kappa shape index (κ3) is 5.00. The van der Waals surface area contributed by atoms with Gasteiger partial charge in [-0.2, -0.15) is 13.2 Å². The van der Waals surface area contributed by atoms with E-state index in [1.54, 1.807) is 0 Å². The Balaban J connectivity index is 0.00000106. The fraction of sp³-hybridized carbons (Fsp3) is 0.625. The van der Waals surface area contributed by atoms with Gasteiger partial charge in [-0.1, -0.05) is 24.6 Å². The van der Waals surface area contributed by atoms with Crippen LogP contribution in [0.3, 0.4) is 0 Å². The Morgan fingerprint density at radius 2 is 1.81 bits per heavy atom. The molecular weight excluding hydrogens is 279 g/mol. The molecule has 2 nitrogen and oxygen atoms in total. The van der Waals surface area contributed by atoms with E-state index < -0.39 is 11.7 Å². The maximum Gasteiger partial charge on any atom is 0.416 e. The van der Waals surface area contributed by atoms with E-state index in [9.17, 15) is 13.2 Å². The number of hydrogen-bond acceptors (Lipinski definition) is 2. The Bertz CT molecular complexity index is 432. The molecular formula is C16H24F3NO. The van der Waals surface area contributed by atoms with Crippen molar-refractivity contribution in [2.45, 2.75) is 43.8 Å². The molecule has 5 heteroatoms. The van der Waals surface area contributed by atoms with Gasteiger partial charge in [0, 0.05) is 13.2 Å². The predicted octanol–water partition coefficient (Wildman–Crippen LogP) is 3.90. The summed E-state index contributed by atoms with van der Waals surface area (Å²) in [5, 5.41) is 7.00. The largest absolute Gasteiger partial charge is 0.416 e. The fourth-order valence-electron chi connectivity index (χ4n) is 2.90. The first-order chi connectivity index (χ1) is 9.88. The number of aliphatic hydroxyl groups excluding tert-OH is 1. The SMILES string of the molecule is CN(C)[C@@H]1CCC[C@H](c2cccc(C(F)(F)F)c2)C1.CO. The van der Waals surface area contributed by atoms with E-state index >= 15 is 0 Å². The Kier molecular flexibility index (Phi) is 6.68. The normalized spacial score (nSPS) is 22.7. The van der Waals surface area contributed by atoms with Crippen LogP contribution in [0.15, 0.2) is 24.3 Å². The van der Waals surface area contributed by atoms with Crippen LogP contribution in [0.4, 0.5) is 13.2 Å². The van der Waals surface area contributed by atoms with Gasteiger partial charge in [0.15, 0.2) is 0 Å². The molecule has 1 fully saturated rings. The molecule has 1 aromatic carbocycles. The third-order valence-corrected chi connectivity index (χ3v) is 4.06. The average Bonchev–Trinajstić information content (AvgIpc) is 2.49. The molecule has 120 valence electrons. The minimum atomic E-state index is -4.24. The van der Waals surface area contributed by atoms with Crippen molar-refractivity contribution < 1.29 is 18.3 Å². The molecule has 0 spiro atoms. The second-order valence-electron chi connectivity index (χ2n) is 5.60. The van der Waals surface area contributed by atoms with Gasteiger partial charge in [0.2, 0.25) is 0 Å². The number of benzene rings is 1. The average molecular weight is 303 g/mol. The number of hydrogen-bond donors (Lipinski definition) is 1. The highest BCUT2D eigenvalue weighted by molar-refractivity contribution is 5.28. The second kappa shape index (κ2) is 7.80. The lowest BCUT2D eigenvalue weighted by Gasteiger charge is -2.33. The Morgan fingerprint density at radius 3 is 2.38 bits per heavy atom. The molecule has 0 unspecified atom stereocenters. The molecule has 0 aromatic heterocycles. The third-order valence-electron chi connectivity index (χ3n) is 4.06. The zero-order chi connectivity index (χ0) is 16.0. The van der Waals surface area contributed by atoms with E-state index in [-0.39, 0.29) is 5.92 Å². The summed E-state index contributed by atoms with van der Waals surface area (Å²) >= 11 is 0. The highest BCUT2D eigenvalue weighted by Crippen LogP contribution is 2.37. The zero-order valence-electron chi connectivity index (χ0n) is 12.8. The summed E-state index contributed by atoms with van der Waals surface area (Å²) < 4.78 is 38.2. The molecule has 1 aliphatic carbocycles. The molecule has 21 heavy (non-hydrogen) atoms. The van der Waals surface area contributed by atoms with E-state index in [1.807, 2.05) is 20.2 Å². The highest BCUT2D eigenvalue weighted by Gasteiger charge is 2.32. The molecule has 2 atom stereocenters. The highest BCUT2D eigenvalue weighted by atomic mass is 19.4. The van der Waals surface area contributed by atoms with E-state index in [0.717, 1.165) is 44.4 Å². The molecule has 1 N–H and O–H groups in total. The Hall–Kier alpha value is -1.07. The van der Waals surface area contributed by atoms with Crippen molar-refractivity contribution in [3.05, 3.63) is 35.4 Å². The molecule has 0 heterocycles. The maximum absolute atomic E-state index is 12.7. The standard InChI is InChI=1S/C15H20F3N.CH4O/c1-19(2)14-8-4-6-12(10-14)11-5-3-7-13(9-11)15(16,17)18;1-2/h3,5,7,9,12,14H,4,6,8,10H2,1-2H3;2H,1H3/t12-,14+;/m0./s1. The van der Waals surface area contributed by atoms with Crippen LogP contribution in [0.25, 0.3) is 0 Å². The van der Waals surface area contributed by atoms with E-state index in [4.69, 9.17) is 5.11 Å². The molecule has 0 radical (unpaired) electrons. The Labute approximate surface area is 124 Å². The van der Waals surface area contributed by atoms with E-state index in [1.165, 1.54) is 12.1 Å². The summed E-state index contributed by atoms with van der Waals surface area (Å²) in [5.74, 6) is 0.253. The molecule has 2 rings (SSSR count). The lowest BCUT2D eigenvalue weighted by molar-refractivity contribution is -0.137. The van der Waals surface area contributed by atoms with Gasteiger partial charge in [-0.15, -0.1) is 0 Å². The maximum atomic E-state index is 12.7. The first-order valence-electron chi connectivity index (χ1n) is 7.16. The van der Waals surface area contributed by atoms with Crippen molar-refractivity contribution in [1.29, 1.82) is 0 Å². The summed E-state index contributed by atoms with van der Waals surface area (Å²) in [6.07, 6.45) is -0.0716. The van der Waals surface area contributed by atoms with Gasteiger partial charge < -0.3 is 10.0 Å². The van der Waals surface area contributed by atoms with Crippen LogP contribution >= 0.6 is 0 Å². The summed E-state index contributed by atoms with van der Waals surface area (Å²) in [4.78, 5) is 2.18. The second-order valence-corrected chi connectivity index (χ2v) is 5.60. The van der Waals surface area contributed by atoms with Gasteiger partial charge in [0.25, 0.3) is 0 Å². The molecule has 1 aliphatic rings. The molecule has 0 aliphatic heterocycles. The van der Waals surface area contributed by atoms with Crippen molar-refractivity contribution in [1.82, 2.24) is 4.90 Å². The topological polar surface area (TPSA) is 23.5 Å². The molecule has 0 amide bonds. The van der Waals surface area contributed by atoms with Crippen LogP contribution in [0.5, 0.6) is 0 Å². The van der Waals surface area contributed by atoms with Crippen molar-refractivity contribution in [3.63, 3.8) is 0 Å². The summed E-state index contributed by atoms with van der Waals surface area (Å²) in [7, 11) is 5.08. The Morgan fingerprint density at radius 1 is 1.14 bits per heavy atom. The quantitative estimate of drug-likeness (QED) is 0.895.